The fraction of sp³-hybridized carbons (Fsp3) is 0.188. The van der Waals surface area contributed by atoms with Crippen LogP contribution >= 0.6 is 0 Å². The van der Waals surface area contributed by atoms with Gasteiger partial charge in [0.1, 0.15) is 6.10 Å². The van der Waals surface area contributed by atoms with E-state index in [4.69, 9.17) is 4.74 Å². The van der Waals surface area contributed by atoms with Gasteiger partial charge in [0.15, 0.2) is 0 Å². The molecule has 2 aromatic rings. The fourth-order valence-electron chi connectivity index (χ4n) is 2.02. The summed E-state index contributed by atoms with van der Waals surface area (Å²) in [6, 6.07) is 16.3. The average molecular weight is 239 g/mol. The molecule has 0 N–H and O–H groups in total. The standard InChI is InChI=1S/C16H15O2/c1-12-10-15(13(2)18-11-17)8-9-16(12)14-6-4-3-5-7-14/h3-10,13H,1-2H3. The smallest absolute Gasteiger partial charge is 0.418 e. The van der Waals surface area contributed by atoms with E-state index in [2.05, 4.69) is 25.1 Å². The van der Waals surface area contributed by atoms with Gasteiger partial charge in [0.25, 0.3) is 0 Å². The van der Waals surface area contributed by atoms with Gasteiger partial charge in [0.05, 0.1) is 0 Å². The number of ether oxygens (including phenoxy) is 1. The molecule has 1 radical (unpaired) electrons. The first-order chi connectivity index (χ1) is 8.72. The zero-order valence-electron chi connectivity index (χ0n) is 10.5. The molecule has 2 heteroatoms. The van der Waals surface area contributed by atoms with Crippen molar-refractivity contribution < 1.29 is 9.53 Å². The van der Waals surface area contributed by atoms with Crippen molar-refractivity contribution in [2.45, 2.75) is 20.0 Å². The van der Waals surface area contributed by atoms with Crippen LogP contribution in [0, 0.1) is 6.92 Å². The van der Waals surface area contributed by atoms with Gasteiger partial charge in [-0.25, -0.2) is 4.79 Å². The Morgan fingerprint density at radius 2 is 1.83 bits per heavy atom. The minimum absolute atomic E-state index is 0.258. The molecule has 0 aromatic heterocycles. The summed E-state index contributed by atoms with van der Waals surface area (Å²) in [6.07, 6.45) is -0.258. The van der Waals surface area contributed by atoms with E-state index < -0.39 is 0 Å². The molecule has 0 saturated heterocycles. The van der Waals surface area contributed by atoms with Crippen LogP contribution in [0.3, 0.4) is 0 Å². The summed E-state index contributed by atoms with van der Waals surface area (Å²) in [5.74, 6) is 0. The first-order valence-electron chi connectivity index (χ1n) is 5.91. The average Bonchev–Trinajstić information content (AvgIpc) is 2.40. The molecule has 0 heterocycles. The Bertz CT molecular complexity index is 532. The Labute approximate surface area is 107 Å². The van der Waals surface area contributed by atoms with Crippen molar-refractivity contribution in [2.24, 2.45) is 0 Å². The van der Waals surface area contributed by atoms with Gasteiger partial charge < -0.3 is 4.74 Å². The summed E-state index contributed by atoms with van der Waals surface area (Å²) >= 11 is 0. The van der Waals surface area contributed by atoms with Crippen LogP contribution in [0.5, 0.6) is 0 Å². The Morgan fingerprint density at radius 1 is 1.11 bits per heavy atom. The predicted molar refractivity (Wildman–Crippen MR) is 71.8 cm³/mol. The monoisotopic (exact) mass is 239 g/mol. The molecule has 0 aliphatic heterocycles. The van der Waals surface area contributed by atoms with Crippen molar-refractivity contribution in [2.75, 3.05) is 0 Å². The van der Waals surface area contributed by atoms with E-state index >= 15 is 0 Å². The maximum absolute atomic E-state index is 10.2. The summed E-state index contributed by atoms with van der Waals surface area (Å²) in [7, 11) is 0. The molecule has 2 rings (SSSR count). The molecular weight excluding hydrogens is 224 g/mol. The van der Waals surface area contributed by atoms with E-state index in [1.54, 1.807) is 0 Å². The maximum atomic E-state index is 10.2. The molecule has 0 amide bonds. The number of hydrogen-bond donors (Lipinski definition) is 0. The van der Waals surface area contributed by atoms with Gasteiger partial charge >= 0.3 is 6.47 Å². The minimum atomic E-state index is -0.258. The predicted octanol–water partition coefficient (Wildman–Crippen LogP) is 3.81. The van der Waals surface area contributed by atoms with Crippen LogP contribution in [0.4, 0.5) is 0 Å². The van der Waals surface area contributed by atoms with Crippen molar-refractivity contribution in [3.05, 3.63) is 59.7 Å². The van der Waals surface area contributed by atoms with Crippen LogP contribution in [0.1, 0.15) is 24.2 Å². The molecule has 2 nitrogen and oxygen atoms in total. The first-order valence-corrected chi connectivity index (χ1v) is 5.91. The third kappa shape index (κ3) is 2.59. The lowest BCUT2D eigenvalue weighted by molar-refractivity contribution is 0.198. The number of hydrogen-bond acceptors (Lipinski definition) is 2. The van der Waals surface area contributed by atoms with Crippen LogP contribution in [0.25, 0.3) is 11.1 Å². The molecule has 2 aromatic carbocycles. The molecular formula is C16H15O2. The van der Waals surface area contributed by atoms with Gasteiger partial charge in [-0.15, -0.1) is 0 Å². The minimum Gasteiger partial charge on any atom is -0.449 e. The van der Waals surface area contributed by atoms with E-state index in [0.717, 1.165) is 5.56 Å². The molecule has 91 valence electrons. The normalized spacial score (nSPS) is 11.9. The van der Waals surface area contributed by atoms with Crippen LogP contribution in [0.2, 0.25) is 0 Å². The quantitative estimate of drug-likeness (QED) is 0.811. The summed E-state index contributed by atoms with van der Waals surface area (Å²) in [6.45, 7) is 5.38. The first kappa shape index (κ1) is 12.4. The largest absolute Gasteiger partial charge is 0.449 e. The van der Waals surface area contributed by atoms with E-state index in [9.17, 15) is 4.79 Å². The molecule has 0 aliphatic rings. The topological polar surface area (TPSA) is 26.3 Å². The zero-order chi connectivity index (χ0) is 13.0. The van der Waals surface area contributed by atoms with Crippen molar-refractivity contribution >= 4 is 6.47 Å². The van der Waals surface area contributed by atoms with Crippen LogP contribution in [-0.2, 0) is 9.53 Å². The lowest BCUT2D eigenvalue weighted by Gasteiger charge is -2.12. The van der Waals surface area contributed by atoms with Crippen LogP contribution in [-0.4, -0.2) is 6.47 Å². The van der Waals surface area contributed by atoms with Gasteiger partial charge in [-0.3, -0.25) is 0 Å². The van der Waals surface area contributed by atoms with E-state index in [-0.39, 0.29) is 6.10 Å². The molecule has 1 unspecified atom stereocenters. The van der Waals surface area contributed by atoms with Crippen molar-refractivity contribution in [3.63, 3.8) is 0 Å². The van der Waals surface area contributed by atoms with E-state index in [1.165, 1.54) is 23.2 Å². The van der Waals surface area contributed by atoms with E-state index in [1.807, 2.05) is 37.3 Å². The molecule has 18 heavy (non-hydrogen) atoms. The third-order valence-corrected chi connectivity index (χ3v) is 3.03. The summed E-state index contributed by atoms with van der Waals surface area (Å²) in [5.41, 5.74) is 4.54. The van der Waals surface area contributed by atoms with Gasteiger partial charge in [0, 0.05) is 0 Å². The summed E-state index contributed by atoms with van der Waals surface area (Å²) < 4.78 is 4.82. The molecule has 0 spiro atoms. The van der Waals surface area contributed by atoms with Crippen LogP contribution in [0.15, 0.2) is 48.5 Å². The Morgan fingerprint density at radius 3 is 2.44 bits per heavy atom. The molecule has 0 bridgehead atoms. The molecule has 0 fully saturated rings. The second-order valence-electron chi connectivity index (χ2n) is 4.28. The fourth-order valence-corrected chi connectivity index (χ4v) is 2.02. The second-order valence-corrected chi connectivity index (χ2v) is 4.28. The maximum Gasteiger partial charge on any atom is 0.418 e. The highest BCUT2D eigenvalue weighted by atomic mass is 16.5. The Balaban J connectivity index is 2.34. The number of rotatable bonds is 4. The van der Waals surface area contributed by atoms with Crippen molar-refractivity contribution in [1.82, 2.24) is 0 Å². The van der Waals surface area contributed by atoms with Crippen LogP contribution < -0.4 is 0 Å². The number of carbonyl (C=O) groups excluding carboxylic acids is 1. The highest BCUT2D eigenvalue weighted by Crippen LogP contribution is 2.26. The summed E-state index contributed by atoms with van der Waals surface area (Å²) in [5, 5.41) is 0. The number of benzene rings is 2. The molecule has 1 atom stereocenters. The number of aryl methyl sites for hydroxylation is 1. The molecule has 0 aliphatic carbocycles. The van der Waals surface area contributed by atoms with Gasteiger partial charge in [-0.2, -0.15) is 0 Å². The highest BCUT2D eigenvalue weighted by Gasteiger charge is 2.08. The van der Waals surface area contributed by atoms with Gasteiger partial charge in [-0.1, -0.05) is 48.5 Å². The second kappa shape index (κ2) is 5.50. The van der Waals surface area contributed by atoms with Gasteiger partial charge in [-0.05, 0) is 36.1 Å². The van der Waals surface area contributed by atoms with E-state index in [0.29, 0.717) is 0 Å². The highest BCUT2D eigenvalue weighted by molar-refractivity contribution is 5.67. The Kier molecular flexibility index (Phi) is 3.78. The Hall–Kier alpha value is -2.09. The lowest BCUT2D eigenvalue weighted by atomic mass is 9.97. The zero-order valence-corrected chi connectivity index (χ0v) is 10.5. The lowest BCUT2D eigenvalue weighted by Crippen LogP contribution is -1.98. The van der Waals surface area contributed by atoms with Crippen molar-refractivity contribution in [3.8, 4) is 11.1 Å². The summed E-state index contributed by atoms with van der Waals surface area (Å²) in [4.78, 5) is 10.2. The van der Waals surface area contributed by atoms with Gasteiger partial charge in [0.2, 0.25) is 0 Å². The SMILES string of the molecule is Cc1cc(C(C)O[C]=O)ccc1-c1ccccc1. The third-order valence-electron chi connectivity index (χ3n) is 3.03. The van der Waals surface area contributed by atoms with Crippen molar-refractivity contribution in [1.29, 1.82) is 0 Å². The molecule has 0 saturated carbocycles.